The number of ether oxygens (including phenoxy) is 3. The van der Waals surface area contributed by atoms with Gasteiger partial charge < -0.3 is 24.0 Å². The van der Waals surface area contributed by atoms with E-state index in [1.54, 1.807) is 9.47 Å². The van der Waals surface area contributed by atoms with Gasteiger partial charge >= 0.3 is 11.8 Å². The van der Waals surface area contributed by atoms with Gasteiger partial charge in [-0.05, 0) is 52.3 Å². The van der Waals surface area contributed by atoms with Crippen LogP contribution in [0.4, 0.5) is 19.4 Å². The van der Waals surface area contributed by atoms with Crippen LogP contribution >= 0.6 is 23.4 Å². The van der Waals surface area contributed by atoms with Gasteiger partial charge in [-0.3, -0.25) is 4.57 Å². The number of benzene rings is 2. The summed E-state index contributed by atoms with van der Waals surface area (Å²) in [5.74, 6) is -0.645. The first-order valence-corrected chi connectivity index (χ1v) is 15.4. The average Bonchev–Trinajstić information content (AvgIpc) is 2.92. The quantitative estimate of drug-likeness (QED) is 0.185. The third kappa shape index (κ3) is 6.20. The molecule has 1 saturated heterocycles. The summed E-state index contributed by atoms with van der Waals surface area (Å²) in [6.45, 7) is 10.8. The summed E-state index contributed by atoms with van der Waals surface area (Å²) in [4.78, 5) is 35.5. The fourth-order valence-corrected chi connectivity index (χ4v) is 7.17. The van der Waals surface area contributed by atoms with Gasteiger partial charge in [0.1, 0.15) is 29.8 Å². The number of amides is 1. The lowest BCUT2D eigenvalue weighted by Crippen LogP contribution is -2.55. The fraction of sp³-hybridized carbons (Fsp3) is 0.500. The molecule has 0 N–H and O–H groups in total. The van der Waals surface area contributed by atoms with Gasteiger partial charge in [0.15, 0.2) is 0 Å². The lowest BCUT2D eigenvalue weighted by atomic mass is 9.96. The highest BCUT2D eigenvalue weighted by Gasteiger charge is 2.35. The Labute approximate surface area is 258 Å². The van der Waals surface area contributed by atoms with E-state index >= 15 is 4.39 Å². The molecule has 2 atom stereocenters. The molecular weight excluding hydrogens is 602 g/mol. The van der Waals surface area contributed by atoms with Crippen LogP contribution in [0.25, 0.3) is 22.0 Å². The number of halogens is 3. The molecule has 9 nitrogen and oxygen atoms in total. The van der Waals surface area contributed by atoms with Gasteiger partial charge in [0.05, 0.1) is 23.2 Å². The van der Waals surface area contributed by atoms with Crippen molar-refractivity contribution >= 4 is 46.2 Å². The fourth-order valence-electron chi connectivity index (χ4n) is 5.64. The molecule has 13 heteroatoms. The van der Waals surface area contributed by atoms with E-state index in [0.29, 0.717) is 52.6 Å². The molecule has 2 aliphatic heterocycles. The van der Waals surface area contributed by atoms with E-state index in [1.807, 2.05) is 45.6 Å². The van der Waals surface area contributed by atoms with Crippen molar-refractivity contribution in [3.63, 3.8) is 0 Å². The zero-order valence-electron chi connectivity index (χ0n) is 25.0. The lowest BCUT2D eigenvalue weighted by Gasteiger charge is -2.41. The van der Waals surface area contributed by atoms with Gasteiger partial charge in [-0.2, -0.15) is 4.98 Å². The van der Waals surface area contributed by atoms with Crippen molar-refractivity contribution in [2.75, 3.05) is 50.8 Å². The van der Waals surface area contributed by atoms with Gasteiger partial charge in [0.25, 0.3) is 0 Å². The summed E-state index contributed by atoms with van der Waals surface area (Å²) in [5, 5.41) is 0.519. The molecule has 43 heavy (non-hydrogen) atoms. The third-order valence-electron chi connectivity index (χ3n) is 7.47. The molecule has 0 spiro atoms. The van der Waals surface area contributed by atoms with Crippen molar-refractivity contribution in [3.8, 4) is 11.1 Å². The van der Waals surface area contributed by atoms with Crippen molar-refractivity contribution in [1.82, 2.24) is 14.5 Å². The maximum absolute atomic E-state index is 15.2. The van der Waals surface area contributed by atoms with E-state index in [2.05, 4.69) is 4.98 Å². The highest BCUT2D eigenvalue weighted by Crippen LogP contribution is 2.47. The molecule has 3 aromatic rings. The lowest BCUT2D eigenvalue weighted by molar-refractivity contribution is -0.0395. The summed E-state index contributed by atoms with van der Waals surface area (Å²) < 4.78 is 47.2. The largest absolute Gasteiger partial charge is 0.444 e. The summed E-state index contributed by atoms with van der Waals surface area (Å²) in [6.07, 6.45) is -0.389. The summed E-state index contributed by atoms with van der Waals surface area (Å²) in [5.41, 5.74) is 0.928. The normalized spacial score (nSPS) is 18.8. The van der Waals surface area contributed by atoms with E-state index in [4.69, 9.17) is 25.8 Å². The minimum absolute atomic E-state index is 0.0648. The molecule has 1 fully saturated rings. The number of carbonyl (C=O) groups is 1. The van der Waals surface area contributed by atoms with Crippen LogP contribution in [0, 0.1) is 18.6 Å². The van der Waals surface area contributed by atoms with Crippen molar-refractivity contribution in [2.24, 2.45) is 0 Å². The highest BCUT2D eigenvalue weighted by molar-refractivity contribution is 7.99. The minimum Gasteiger partial charge on any atom is -0.444 e. The minimum atomic E-state index is -0.846. The number of aryl methyl sites for hydroxylation is 1. The maximum Gasteiger partial charge on any atom is 0.410 e. The zero-order chi connectivity index (χ0) is 31.2. The molecule has 5 rings (SSSR count). The molecule has 3 heterocycles. The predicted molar refractivity (Wildman–Crippen MR) is 163 cm³/mol. The Bertz CT molecular complexity index is 1630. The van der Waals surface area contributed by atoms with Crippen LogP contribution in [-0.2, 0) is 14.2 Å². The number of methoxy groups -OCH3 is 1. The Morgan fingerprint density at radius 1 is 1.19 bits per heavy atom. The molecule has 2 aliphatic rings. The second-order valence-corrected chi connectivity index (χ2v) is 13.3. The van der Waals surface area contributed by atoms with Crippen molar-refractivity contribution in [1.29, 1.82) is 0 Å². The first kappa shape index (κ1) is 31.5. The number of piperazine rings is 1. The van der Waals surface area contributed by atoms with Crippen LogP contribution in [0.5, 0.6) is 0 Å². The van der Waals surface area contributed by atoms with Crippen LogP contribution < -0.4 is 10.6 Å². The number of anilines is 1. The van der Waals surface area contributed by atoms with Crippen LogP contribution in [-0.4, -0.2) is 78.1 Å². The van der Waals surface area contributed by atoms with Gasteiger partial charge in [-0.1, -0.05) is 11.6 Å². The van der Waals surface area contributed by atoms with Crippen LogP contribution in [0.1, 0.15) is 39.3 Å². The molecule has 1 amide bonds. The first-order chi connectivity index (χ1) is 20.3. The number of nitrogens with zero attached hydrogens (tertiary/aromatic N) is 4. The zero-order valence-corrected chi connectivity index (χ0v) is 26.6. The summed E-state index contributed by atoms with van der Waals surface area (Å²) in [6, 6.07) is 3.41. The van der Waals surface area contributed by atoms with Crippen LogP contribution in [0.15, 0.2) is 27.9 Å². The standard InChI is InChI=1S/C30H35ClF2N4O5S/c1-16-9-20-25-26(24(16)19-10-21(31)23(33)11-22(19)32)43-14-18(13-41-15-40-6)37(25)28(38)34-27(20)36-8-7-35(12-17(36)2)29(39)42-30(3,4)5/h9-11,17-18H,7-8,12-15H2,1-6H3/t17-,18-/m0/s1. The Morgan fingerprint density at radius 2 is 1.93 bits per heavy atom. The molecule has 0 saturated carbocycles. The Balaban J connectivity index is 1.65. The summed E-state index contributed by atoms with van der Waals surface area (Å²) in [7, 11) is 1.52. The topological polar surface area (TPSA) is 86.1 Å². The smallest absolute Gasteiger partial charge is 0.410 e. The third-order valence-corrected chi connectivity index (χ3v) is 9.00. The number of hydrogen-bond donors (Lipinski definition) is 0. The molecule has 0 unspecified atom stereocenters. The van der Waals surface area contributed by atoms with E-state index in [0.717, 1.165) is 11.6 Å². The molecule has 1 aromatic heterocycles. The SMILES string of the molecule is COCOC[C@H]1CSc2c(-c3cc(Cl)c(F)cc3F)c(C)cc3c(N4CCN(C(=O)OC(C)(C)C)C[C@@H]4C)nc(=O)n1c23. The molecule has 0 bridgehead atoms. The van der Waals surface area contributed by atoms with Gasteiger partial charge in [-0.15, -0.1) is 11.8 Å². The van der Waals surface area contributed by atoms with E-state index < -0.39 is 22.9 Å². The van der Waals surface area contributed by atoms with Crippen molar-refractivity contribution in [3.05, 3.63) is 50.9 Å². The molecule has 0 aliphatic carbocycles. The number of rotatable bonds is 6. The van der Waals surface area contributed by atoms with Crippen molar-refractivity contribution < 1.29 is 27.8 Å². The number of aromatic nitrogens is 2. The monoisotopic (exact) mass is 636 g/mol. The van der Waals surface area contributed by atoms with E-state index in [-0.39, 0.29) is 42.2 Å². The van der Waals surface area contributed by atoms with Crippen LogP contribution in [0.3, 0.4) is 0 Å². The molecular formula is C30H35ClF2N4O5S. The summed E-state index contributed by atoms with van der Waals surface area (Å²) >= 11 is 7.57. The number of hydrogen-bond acceptors (Lipinski definition) is 8. The maximum atomic E-state index is 15.2. The average molecular weight is 637 g/mol. The van der Waals surface area contributed by atoms with E-state index in [9.17, 15) is 14.0 Å². The van der Waals surface area contributed by atoms with Gasteiger partial charge in [0, 0.05) is 66.0 Å². The Morgan fingerprint density at radius 3 is 2.60 bits per heavy atom. The second kappa shape index (κ2) is 12.2. The van der Waals surface area contributed by atoms with Crippen LogP contribution in [0.2, 0.25) is 5.02 Å². The Hall–Kier alpha value is -2.93. The molecule has 0 radical (unpaired) electrons. The Kier molecular flexibility index (Phi) is 8.95. The van der Waals surface area contributed by atoms with E-state index in [1.165, 1.54) is 24.9 Å². The molecule has 232 valence electrons. The van der Waals surface area contributed by atoms with Gasteiger partial charge in [-0.25, -0.2) is 18.4 Å². The number of carbonyl (C=O) groups excluding carboxylic acids is 1. The molecule has 2 aromatic carbocycles. The number of thioether (sulfide) groups is 1. The second-order valence-electron chi connectivity index (χ2n) is 11.8. The first-order valence-electron chi connectivity index (χ1n) is 14.0. The highest BCUT2D eigenvalue weighted by atomic mass is 35.5. The van der Waals surface area contributed by atoms with Gasteiger partial charge in [0.2, 0.25) is 0 Å². The predicted octanol–water partition coefficient (Wildman–Crippen LogP) is 6.02. The van der Waals surface area contributed by atoms with Crippen molar-refractivity contribution in [2.45, 2.75) is 57.2 Å².